The van der Waals surface area contributed by atoms with Crippen molar-refractivity contribution in [1.29, 1.82) is 0 Å². The van der Waals surface area contributed by atoms with Crippen molar-refractivity contribution in [3.63, 3.8) is 0 Å². The number of carbonyl (C=O) groups excluding carboxylic acids is 1. The highest BCUT2D eigenvalue weighted by molar-refractivity contribution is 6.33. The molecule has 0 aliphatic heterocycles. The van der Waals surface area contributed by atoms with Gasteiger partial charge in [0.25, 0.3) is 0 Å². The second kappa shape index (κ2) is 6.25. The zero-order chi connectivity index (χ0) is 13.7. The van der Waals surface area contributed by atoms with Crippen LogP contribution in [0.15, 0.2) is 48.5 Å². The molecule has 0 radical (unpaired) electrons. The molecule has 0 saturated carbocycles. The van der Waals surface area contributed by atoms with Gasteiger partial charge in [-0.15, -0.1) is 0 Å². The topological polar surface area (TPSA) is 38.3 Å². The molecule has 2 aromatic rings. The van der Waals surface area contributed by atoms with E-state index in [0.29, 0.717) is 17.2 Å². The van der Waals surface area contributed by atoms with Crippen molar-refractivity contribution < 1.29 is 9.53 Å². The number of hydrogen-bond acceptors (Lipinski definition) is 3. The molecule has 0 aliphatic carbocycles. The molecule has 0 spiro atoms. The molecule has 0 fully saturated rings. The molecule has 2 rings (SSSR count). The number of nitrogens with one attached hydrogen (secondary N) is 1. The highest BCUT2D eigenvalue weighted by Crippen LogP contribution is 2.24. The summed E-state index contributed by atoms with van der Waals surface area (Å²) in [6, 6.07) is 14.6. The minimum absolute atomic E-state index is 0.313. The Morgan fingerprint density at radius 2 is 1.84 bits per heavy atom. The third kappa shape index (κ3) is 3.48. The largest absolute Gasteiger partial charge is 0.462 e. The van der Waals surface area contributed by atoms with Gasteiger partial charge in [-0.1, -0.05) is 23.7 Å². The van der Waals surface area contributed by atoms with Crippen LogP contribution in [0.25, 0.3) is 0 Å². The number of halogens is 1. The van der Waals surface area contributed by atoms with E-state index >= 15 is 0 Å². The summed E-state index contributed by atoms with van der Waals surface area (Å²) in [5, 5.41) is 3.84. The number of benzene rings is 2. The van der Waals surface area contributed by atoms with E-state index in [-0.39, 0.29) is 5.97 Å². The van der Waals surface area contributed by atoms with Crippen LogP contribution in [0, 0.1) is 0 Å². The van der Waals surface area contributed by atoms with E-state index in [9.17, 15) is 4.79 Å². The van der Waals surface area contributed by atoms with Crippen LogP contribution in [-0.2, 0) is 4.74 Å². The Bertz CT molecular complexity index is 567. The molecule has 0 aromatic heterocycles. The molecule has 0 saturated heterocycles. The maximum absolute atomic E-state index is 11.5. The lowest BCUT2D eigenvalue weighted by atomic mass is 10.2. The maximum atomic E-state index is 11.5. The van der Waals surface area contributed by atoms with E-state index in [1.54, 1.807) is 19.1 Å². The van der Waals surface area contributed by atoms with Gasteiger partial charge in [-0.25, -0.2) is 4.79 Å². The number of rotatable bonds is 4. The van der Waals surface area contributed by atoms with Gasteiger partial charge in [-0.2, -0.15) is 0 Å². The van der Waals surface area contributed by atoms with Crippen molar-refractivity contribution in [3.05, 3.63) is 59.1 Å². The van der Waals surface area contributed by atoms with E-state index in [4.69, 9.17) is 16.3 Å². The Balaban J connectivity index is 2.11. The third-order valence-corrected chi connectivity index (χ3v) is 2.88. The van der Waals surface area contributed by atoms with Gasteiger partial charge < -0.3 is 10.1 Å². The Labute approximate surface area is 117 Å². The first-order valence-electron chi connectivity index (χ1n) is 5.99. The van der Waals surface area contributed by atoms with E-state index in [1.165, 1.54) is 0 Å². The number of hydrogen-bond donors (Lipinski definition) is 1. The van der Waals surface area contributed by atoms with Crippen molar-refractivity contribution in [3.8, 4) is 0 Å². The summed E-state index contributed by atoms with van der Waals surface area (Å²) in [6.07, 6.45) is 0. The van der Waals surface area contributed by atoms with Crippen LogP contribution in [0.3, 0.4) is 0 Å². The molecular weight excluding hydrogens is 262 g/mol. The van der Waals surface area contributed by atoms with E-state index in [1.807, 2.05) is 36.4 Å². The van der Waals surface area contributed by atoms with Crippen molar-refractivity contribution in [1.82, 2.24) is 0 Å². The minimum Gasteiger partial charge on any atom is -0.462 e. The van der Waals surface area contributed by atoms with Gasteiger partial charge in [0, 0.05) is 5.69 Å². The fourth-order valence-corrected chi connectivity index (χ4v) is 1.81. The van der Waals surface area contributed by atoms with Crippen molar-refractivity contribution in [2.75, 3.05) is 11.9 Å². The van der Waals surface area contributed by atoms with Crippen LogP contribution < -0.4 is 5.32 Å². The fraction of sp³-hybridized carbons (Fsp3) is 0.133. The maximum Gasteiger partial charge on any atom is 0.338 e. The van der Waals surface area contributed by atoms with Gasteiger partial charge in [0.05, 0.1) is 22.9 Å². The van der Waals surface area contributed by atoms with Gasteiger partial charge in [-0.3, -0.25) is 0 Å². The predicted molar refractivity (Wildman–Crippen MR) is 77.1 cm³/mol. The highest BCUT2D eigenvalue weighted by Gasteiger charge is 2.06. The lowest BCUT2D eigenvalue weighted by Gasteiger charge is -2.08. The summed E-state index contributed by atoms with van der Waals surface area (Å²) in [5.41, 5.74) is 2.22. The number of carbonyl (C=O) groups is 1. The molecule has 19 heavy (non-hydrogen) atoms. The Morgan fingerprint density at radius 3 is 2.47 bits per heavy atom. The Morgan fingerprint density at radius 1 is 1.16 bits per heavy atom. The Hall–Kier alpha value is -2.00. The average molecular weight is 276 g/mol. The lowest BCUT2D eigenvalue weighted by Crippen LogP contribution is -2.04. The van der Waals surface area contributed by atoms with Gasteiger partial charge in [-0.05, 0) is 43.3 Å². The summed E-state index contributed by atoms with van der Waals surface area (Å²) in [5.74, 6) is -0.313. The minimum atomic E-state index is -0.313. The Kier molecular flexibility index (Phi) is 4.42. The van der Waals surface area contributed by atoms with Crippen molar-refractivity contribution >= 4 is 28.9 Å². The van der Waals surface area contributed by atoms with Crippen LogP contribution >= 0.6 is 11.6 Å². The number of para-hydroxylation sites is 1. The quantitative estimate of drug-likeness (QED) is 0.847. The first kappa shape index (κ1) is 13.4. The number of anilines is 2. The number of ether oxygens (including phenoxy) is 1. The first-order chi connectivity index (χ1) is 9.20. The zero-order valence-electron chi connectivity index (χ0n) is 10.5. The third-order valence-electron chi connectivity index (χ3n) is 2.55. The van der Waals surface area contributed by atoms with E-state index < -0.39 is 0 Å². The van der Waals surface area contributed by atoms with Crippen LogP contribution in [0.2, 0.25) is 5.02 Å². The smallest absolute Gasteiger partial charge is 0.338 e. The molecule has 2 aromatic carbocycles. The summed E-state index contributed by atoms with van der Waals surface area (Å²) in [7, 11) is 0. The second-order valence-corrected chi connectivity index (χ2v) is 4.31. The van der Waals surface area contributed by atoms with Crippen LogP contribution in [-0.4, -0.2) is 12.6 Å². The summed E-state index contributed by atoms with van der Waals surface area (Å²) in [4.78, 5) is 11.5. The monoisotopic (exact) mass is 275 g/mol. The SMILES string of the molecule is CCOC(=O)c1ccc(Nc2ccccc2Cl)cc1. The summed E-state index contributed by atoms with van der Waals surface area (Å²) < 4.78 is 4.92. The summed E-state index contributed by atoms with van der Waals surface area (Å²) in [6.45, 7) is 2.16. The average Bonchev–Trinajstić information content (AvgIpc) is 2.42. The molecule has 0 bridgehead atoms. The van der Waals surface area contributed by atoms with E-state index in [2.05, 4.69) is 5.32 Å². The molecule has 3 nitrogen and oxygen atoms in total. The van der Waals surface area contributed by atoms with Crippen LogP contribution in [0.1, 0.15) is 17.3 Å². The fourth-order valence-electron chi connectivity index (χ4n) is 1.62. The van der Waals surface area contributed by atoms with Crippen molar-refractivity contribution in [2.24, 2.45) is 0 Å². The molecule has 0 heterocycles. The lowest BCUT2D eigenvalue weighted by molar-refractivity contribution is 0.0526. The predicted octanol–water partition coefficient (Wildman–Crippen LogP) is 4.26. The first-order valence-corrected chi connectivity index (χ1v) is 6.37. The molecular formula is C15H14ClNO2. The van der Waals surface area contributed by atoms with Crippen LogP contribution in [0.4, 0.5) is 11.4 Å². The van der Waals surface area contributed by atoms with Gasteiger partial charge in [0.1, 0.15) is 0 Å². The van der Waals surface area contributed by atoms with Gasteiger partial charge in [0.2, 0.25) is 0 Å². The standard InChI is InChI=1S/C15H14ClNO2/c1-2-19-15(18)11-7-9-12(10-8-11)17-14-6-4-3-5-13(14)16/h3-10,17H,2H2,1H3. The van der Waals surface area contributed by atoms with Crippen molar-refractivity contribution in [2.45, 2.75) is 6.92 Å². The zero-order valence-corrected chi connectivity index (χ0v) is 11.3. The second-order valence-electron chi connectivity index (χ2n) is 3.90. The van der Waals surface area contributed by atoms with Gasteiger partial charge >= 0.3 is 5.97 Å². The van der Waals surface area contributed by atoms with Gasteiger partial charge in [0.15, 0.2) is 0 Å². The van der Waals surface area contributed by atoms with Crippen LogP contribution in [0.5, 0.6) is 0 Å². The molecule has 98 valence electrons. The molecule has 4 heteroatoms. The molecule has 0 atom stereocenters. The molecule has 0 amide bonds. The number of esters is 1. The molecule has 1 N–H and O–H groups in total. The molecule has 0 unspecified atom stereocenters. The van der Waals surface area contributed by atoms with E-state index in [0.717, 1.165) is 11.4 Å². The summed E-state index contributed by atoms with van der Waals surface area (Å²) >= 11 is 6.06. The molecule has 0 aliphatic rings. The highest BCUT2D eigenvalue weighted by atomic mass is 35.5. The normalized spacial score (nSPS) is 10.0.